The van der Waals surface area contributed by atoms with Crippen molar-refractivity contribution in [3.63, 3.8) is 0 Å². The van der Waals surface area contributed by atoms with E-state index in [2.05, 4.69) is 0 Å². The zero-order chi connectivity index (χ0) is 14.1. The van der Waals surface area contributed by atoms with Crippen LogP contribution in [0, 0.1) is 0 Å². The van der Waals surface area contributed by atoms with Crippen LogP contribution in [0.5, 0.6) is 0 Å². The fourth-order valence-electron chi connectivity index (χ4n) is 2.27. The summed E-state index contributed by atoms with van der Waals surface area (Å²) in [5, 5.41) is 0.170. The van der Waals surface area contributed by atoms with Crippen LogP contribution in [0.15, 0.2) is 58.1 Å². The first-order valence-corrected chi connectivity index (χ1v) is 7.26. The minimum Gasteiger partial charge on any atom is -0.465 e. The van der Waals surface area contributed by atoms with Crippen LogP contribution in [0.1, 0.15) is 12.8 Å². The number of fused-ring (bicyclic) bond motifs is 1. The number of nitrogens with two attached hydrogens (primary N) is 1. The fraction of sp³-hybridized carbons (Fsp3) is 0.267. The molecule has 1 heterocycles. The van der Waals surface area contributed by atoms with E-state index in [1.807, 2.05) is 18.2 Å². The summed E-state index contributed by atoms with van der Waals surface area (Å²) in [4.78, 5) is 12.8. The van der Waals surface area contributed by atoms with Crippen LogP contribution in [0.3, 0.4) is 0 Å². The number of hydrogen-bond donors (Lipinski definition) is 1. The molecule has 0 fully saturated rings. The van der Waals surface area contributed by atoms with Gasteiger partial charge in [0.2, 0.25) is 0 Å². The molecule has 4 nitrogen and oxygen atoms in total. The van der Waals surface area contributed by atoms with Gasteiger partial charge in [0.15, 0.2) is 0 Å². The number of esters is 1. The van der Waals surface area contributed by atoms with Gasteiger partial charge in [-0.15, -0.1) is 11.8 Å². The van der Waals surface area contributed by atoms with Gasteiger partial charge in [0.05, 0.1) is 24.2 Å². The Kier molecular flexibility index (Phi) is 3.44. The van der Waals surface area contributed by atoms with Crippen LogP contribution in [-0.2, 0) is 14.3 Å². The molecule has 0 bridgehead atoms. The predicted octanol–water partition coefficient (Wildman–Crippen LogP) is 2.52. The van der Waals surface area contributed by atoms with E-state index in [9.17, 15) is 4.79 Å². The predicted molar refractivity (Wildman–Crippen MR) is 78.3 cm³/mol. The maximum absolute atomic E-state index is 11.6. The molecule has 3 rings (SSSR count). The maximum Gasteiger partial charge on any atom is 0.337 e. The lowest BCUT2D eigenvalue weighted by molar-refractivity contribution is -0.135. The van der Waals surface area contributed by atoms with Gasteiger partial charge in [0.1, 0.15) is 5.76 Å². The zero-order valence-electron chi connectivity index (χ0n) is 11.1. The molecule has 0 spiro atoms. The van der Waals surface area contributed by atoms with E-state index in [0.717, 1.165) is 29.9 Å². The lowest BCUT2D eigenvalue weighted by Gasteiger charge is -2.19. The molecular formula is C15H15NO3S. The molecule has 0 saturated carbocycles. The third-order valence-electron chi connectivity index (χ3n) is 3.35. The van der Waals surface area contributed by atoms with Gasteiger partial charge < -0.3 is 15.2 Å². The summed E-state index contributed by atoms with van der Waals surface area (Å²) in [5.41, 5.74) is 8.18. The van der Waals surface area contributed by atoms with Crippen molar-refractivity contribution >= 4 is 17.7 Å². The van der Waals surface area contributed by atoms with E-state index in [1.165, 1.54) is 12.0 Å². The van der Waals surface area contributed by atoms with Crippen LogP contribution < -0.4 is 5.73 Å². The van der Waals surface area contributed by atoms with Gasteiger partial charge in [-0.2, -0.15) is 0 Å². The Bertz CT molecular complexity index is 611. The normalized spacial score (nSPS) is 24.4. The van der Waals surface area contributed by atoms with Crippen molar-refractivity contribution in [3.8, 4) is 0 Å². The molecule has 0 aromatic carbocycles. The average Bonchev–Trinajstić information content (AvgIpc) is 2.64. The Balaban J connectivity index is 1.88. The van der Waals surface area contributed by atoms with Gasteiger partial charge >= 0.3 is 5.97 Å². The highest BCUT2D eigenvalue weighted by Gasteiger charge is 2.25. The van der Waals surface area contributed by atoms with Crippen molar-refractivity contribution in [1.82, 2.24) is 0 Å². The van der Waals surface area contributed by atoms with Crippen LogP contribution in [-0.4, -0.2) is 18.3 Å². The van der Waals surface area contributed by atoms with E-state index in [1.54, 1.807) is 24.1 Å². The average molecular weight is 289 g/mol. The Morgan fingerprint density at radius 3 is 3.10 bits per heavy atom. The third-order valence-corrected chi connectivity index (χ3v) is 4.72. The molecule has 0 amide bonds. The van der Waals surface area contributed by atoms with Crippen molar-refractivity contribution in [2.75, 3.05) is 7.11 Å². The van der Waals surface area contributed by atoms with Crippen LogP contribution in [0.4, 0.5) is 0 Å². The largest absolute Gasteiger partial charge is 0.465 e. The summed E-state index contributed by atoms with van der Waals surface area (Å²) in [7, 11) is 1.38. The second-order valence-electron chi connectivity index (χ2n) is 4.73. The molecule has 2 N–H and O–H groups in total. The number of rotatable bonds is 1. The summed E-state index contributed by atoms with van der Waals surface area (Å²) in [6, 6.07) is 0. The monoisotopic (exact) mass is 289 g/mol. The molecule has 1 atom stereocenters. The summed E-state index contributed by atoms with van der Waals surface area (Å²) in [5.74, 6) is 0.485. The quantitative estimate of drug-likeness (QED) is 0.752. The minimum absolute atomic E-state index is 0.170. The highest BCUT2D eigenvalue weighted by Crippen LogP contribution is 2.41. The van der Waals surface area contributed by atoms with Crippen molar-refractivity contribution < 1.29 is 14.3 Å². The molecular weight excluding hydrogens is 274 g/mol. The van der Waals surface area contributed by atoms with Crippen molar-refractivity contribution in [2.24, 2.45) is 5.73 Å². The molecule has 1 unspecified atom stereocenters. The first-order valence-electron chi connectivity index (χ1n) is 6.38. The number of methoxy groups -OCH3 is 1. The van der Waals surface area contributed by atoms with Crippen molar-refractivity contribution in [2.45, 2.75) is 18.1 Å². The molecule has 3 aliphatic rings. The Morgan fingerprint density at radius 2 is 2.30 bits per heavy atom. The van der Waals surface area contributed by atoms with Gasteiger partial charge in [-0.25, -0.2) is 4.79 Å². The standard InChI is InChI=1S/C15H15NO3S/c1-18-15(17)9-2-4-13-10(6-9)8-19-12-7-11(16)3-5-14(12)20-13/h2,4,6-8,13H,3,5,16H2,1H3. The fourth-order valence-corrected chi connectivity index (χ4v) is 3.44. The summed E-state index contributed by atoms with van der Waals surface area (Å²) < 4.78 is 10.5. The van der Waals surface area contributed by atoms with Gasteiger partial charge in [-0.05, 0) is 18.9 Å². The summed E-state index contributed by atoms with van der Waals surface area (Å²) in [6.07, 6.45) is 11.0. The van der Waals surface area contributed by atoms with Gasteiger partial charge in [-0.3, -0.25) is 0 Å². The van der Waals surface area contributed by atoms with E-state index in [0.29, 0.717) is 5.57 Å². The number of allylic oxidation sites excluding steroid dienone is 4. The molecule has 5 heteroatoms. The smallest absolute Gasteiger partial charge is 0.337 e. The molecule has 0 aromatic rings. The summed E-state index contributed by atoms with van der Waals surface area (Å²) in [6.45, 7) is 0. The molecule has 104 valence electrons. The lowest BCUT2D eigenvalue weighted by atomic mass is 10.0. The third kappa shape index (κ3) is 2.41. The molecule has 0 radical (unpaired) electrons. The highest BCUT2D eigenvalue weighted by atomic mass is 32.2. The maximum atomic E-state index is 11.6. The van der Waals surface area contributed by atoms with Gasteiger partial charge in [0.25, 0.3) is 0 Å². The number of thioether (sulfide) groups is 1. The second kappa shape index (κ2) is 5.25. The first kappa shape index (κ1) is 13.1. The Morgan fingerprint density at radius 1 is 1.45 bits per heavy atom. The van der Waals surface area contributed by atoms with E-state index < -0.39 is 0 Å². The Labute approximate surface area is 121 Å². The van der Waals surface area contributed by atoms with Crippen LogP contribution in [0.2, 0.25) is 0 Å². The SMILES string of the molecule is COC(=O)C1=CC2=COC3=C(CCC(N)=C3)SC2C=C1. The molecule has 20 heavy (non-hydrogen) atoms. The minimum atomic E-state index is -0.336. The van der Waals surface area contributed by atoms with E-state index in [-0.39, 0.29) is 11.2 Å². The van der Waals surface area contributed by atoms with Crippen molar-refractivity contribution in [3.05, 3.63) is 58.1 Å². The number of carbonyl (C=O) groups is 1. The van der Waals surface area contributed by atoms with Gasteiger partial charge in [0, 0.05) is 22.3 Å². The first-order chi connectivity index (χ1) is 9.67. The van der Waals surface area contributed by atoms with E-state index in [4.69, 9.17) is 15.2 Å². The number of carbonyl (C=O) groups excluding carboxylic acids is 1. The number of ether oxygens (including phenoxy) is 2. The molecule has 2 aliphatic carbocycles. The Hall–Kier alpha value is -1.88. The van der Waals surface area contributed by atoms with E-state index >= 15 is 0 Å². The molecule has 0 saturated heterocycles. The molecule has 0 aromatic heterocycles. The lowest BCUT2D eigenvalue weighted by Crippen LogP contribution is -2.11. The molecule has 1 aliphatic heterocycles. The zero-order valence-corrected chi connectivity index (χ0v) is 11.9. The van der Waals surface area contributed by atoms with Crippen LogP contribution in [0.25, 0.3) is 0 Å². The highest BCUT2D eigenvalue weighted by molar-refractivity contribution is 8.04. The van der Waals surface area contributed by atoms with Crippen molar-refractivity contribution in [1.29, 1.82) is 0 Å². The summed E-state index contributed by atoms with van der Waals surface area (Å²) >= 11 is 1.75. The van der Waals surface area contributed by atoms with Gasteiger partial charge in [-0.1, -0.05) is 12.2 Å². The topological polar surface area (TPSA) is 61.5 Å². The second-order valence-corrected chi connectivity index (χ2v) is 5.97. The van der Waals surface area contributed by atoms with Crippen LogP contribution >= 0.6 is 11.8 Å². The number of hydrogen-bond acceptors (Lipinski definition) is 5.